The van der Waals surface area contributed by atoms with Gasteiger partial charge in [-0.15, -0.1) is 11.3 Å². The second-order valence-corrected chi connectivity index (χ2v) is 7.65. The summed E-state index contributed by atoms with van der Waals surface area (Å²) in [5, 5.41) is 3.07. The van der Waals surface area contributed by atoms with Gasteiger partial charge in [-0.1, -0.05) is 11.6 Å². The minimum absolute atomic E-state index is 0.0903. The van der Waals surface area contributed by atoms with Gasteiger partial charge < -0.3 is 4.74 Å². The fourth-order valence-electron chi connectivity index (χ4n) is 3.51. The summed E-state index contributed by atoms with van der Waals surface area (Å²) in [6.45, 7) is 2.94. The van der Waals surface area contributed by atoms with E-state index in [2.05, 4.69) is 15.2 Å². The van der Waals surface area contributed by atoms with Crippen LogP contribution in [0.4, 0.5) is 15.0 Å². The van der Waals surface area contributed by atoms with E-state index in [9.17, 15) is 9.18 Å². The van der Waals surface area contributed by atoms with Gasteiger partial charge in [0.1, 0.15) is 11.9 Å². The Morgan fingerprint density at radius 3 is 2.92 bits per heavy atom. The minimum Gasteiger partial charge on any atom is -0.444 e. The number of benzene rings is 1. The Morgan fingerprint density at radius 2 is 2.20 bits per heavy atom. The number of amides is 1. The van der Waals surface area contributed by atoms with Gasteiger partial charge in [0, 0.05) is 17.1 Å². The average Bonchev–Trinajstić information content (AvgIpc) is 3.06. The lowest BCUT2D eigenvalue weighted by Gasteiger charge is -2.43. The zero-order chi connectivity index (χ0) is 17.4. The van der Waals surface area contributed by atoms with Crippen LogP contribution in [0.1, 0.15) is 12.8 Å². The summed E-state index contributed by atoms with van der Waals surface area (Å²) in [7, 11) is 0. The van der Waals surface area contributed by atoms with Crippen LogP contribution in [0.3, 0.4) is 0 Å². The van der Waals surface area contributed by atoms with Crippen molar-refractivity contribution in [3.05, 3.63) is 34.5 Å². The molecule has 1 aromatic heterocycles. The topological polar surface area (TPSA) is 54.5 Å². The number of piperidine rings is 3. The number of hydrogen-bond acceptors (Lipinski definition) is 5. The summed E-state index contributed by atoms with van der Waals surface area (Å²) in [4.78, 5) is 19.2. The van der Waals surface area contributed by atoms with Crippen LogP contribution in [0, 0.1) is 11.7 Å². The molecule has 3 aliphatic rings. The van der Waals surface area contributed by atoms with Crippen molar-refractivity contribution in [2.45, 2.75) is 18.9 Å². The van der Waals surface area contributed by atoms with Crippen molar-refractivity contribution in [2.75, 3.05) is 25.0 Å². The number of rotatable bonds is 3. The number of nitrogens with zero attached hydrogens (tertiary/aromatic N) is 2. The van der Waals surface area contributed by atoms with E-state index in [1.807, 2.05) is 0 Å². The van der Waals surface area contributed by atoms with Crippen molar-refractivity contribution in [2.24, 2.45) is 5.92 Å². The number of carbonyl (C=O) groups excluding carboxylic acids is 1. The second kappa shape index (κ2) is 6.90. The van der Waals surface area contributed by atoms with Gasteiger partial charge in [0.2, 0.25) is 0 Å². The van der Waals surface area contributed by atoms with E-state index < -0.39 is 11.9 Å². The maximum atomic E-state index is 14.1. The molecule has 5 rings (SSSR count). The molecule has 0 spiro atoms. The van der Waals surface area contributed by atoms with Gasteiger partial charge in [0.25, 0.3) is 0 Å². The first kappa shape index (κ1) is 16.8. The van der Waals surface area contributed by atoms with Gasteiger partial charge in [-0.25, -0.2) is 14.2 Å². The van der Waals surface area contributed by atoms with Gasteiger partial charge in [0.05, 0.1) is 10.4 Å². The van der Waals surface area contributed by atoms with E-state index in [0.717, 1.165) is 32.5 Å². The quantitative estimate of drug-likeness (QED) is 0.863. The van der Waals surface area contributed by atoms with Gasteiger partial charge in [-0.05, 0) is 50.0 Å². The van der Waals surface area contributed by atoms with Crippen molar-refractivity contribution in [1.29, 1.82) is 0 Å². The molecule has 0 saturated carbocycles. The second-order valence-electron chi connectivity index (χ2n) is 6.36. The first-order valence-electron chi connectivity index (χ1n) is 8.19. The highest BCUT2D eigenvalue weighted by Gasteiger charge is 2.36. The van der Waals surface area contributed by atoms with Crippen molar-refractivity contribution in [1.82, 2.24) is 9.88 Å². The summed E-state index contributed by atoms with van der Waals surface area (Å²) in [6.07, 6.45) is 1.49. The van der Waals surface area contributed by atoms with E-state index in [4.69, 9.17) is 16.3 Å². The van der Waals surface area contributed by atoms with Crippen LogP contribution in [-0.4, -0.2) is 41.7 Å². The van der Waals surface area contributed by atoms with Crippen molar-refractivity contribution in [3.8, 4) is 10.4 Å². The molecule has 2 aromatic rings. The number of thiazole rings is 1. The largest absolute Gasteiger partial charge is 0.444 e. The lowest BCUT2D eigenvalue weighted by atomic mass is 9.86. The van der Waals surface area contributed by atoms with Crippen LogP contribution < -0.4 is 5.32 Å². The van der Waals surface area contributed by atoms with Crippen molar-refractivity contribution >= 4 is 34.8 Å². The molecule has 1 atom stereocenters. The molecule has 0 aliphatic carbocycles. The number of fused-ring (bicyclic) bond motifs is 3. The molecule has 0 unspecified atom stereocenters. The van der Waals surface area contributed by atoms with Gasteiger partial charge in [-0.3, -0.25) is 10.2 Å². The fourth-order valence-corrected chi connectivity index (χ4v) is 4.44. The van der Waals surface area contributed by atoms with E-state index in [1.54, 1.807) is 5.51 Å². The van der Waals surface area contributed by atoms with Crippen LogP contribution in [-0.2, 0) is 4.74 Å². The molecule has 25 heavy (non-hydrogen) atoms. The molecule has 3 fully saturated rings. The lowest BCUT2D eigenvalue weighted by molar-refractivity contribution is -0.0290. The average molecular weight is 382 g/mol. The maximum Gasteiger partial charge on any atom is 0.413 e. The highest BCUT2D eigenvalue weighted by Crippen LogP contribution is 2.35. The summed E-state index contributed by atoms with van der Waals surface area (Å²) in [6, 6.07) is 4.30. The number of anilines is 1. The predicted octanol–water partition coefficient (Wildman–Crippen LogP) is 4.25. The van der Waals surface area contributed by atoms with Gasteiger partial charge in [0.15, 0.2) is 5.82 Å². The maximum absolute atomic E-state index is 14.1. The van der Waals surface area contributed by atoms with Crippen molar-refractivity contribution < 1.29 is 13.9 Å². The zero-order valence-electron chi connectivity index (χ0n) is 13.4. The Hall–Kier alpha value is -1.70. The lowest BCUT2D eigenvalue weighted by Crippen LogP contribution is -2.52. The smallest absolute Gasteiger partial charge is 0.413 e. The summed E-state index contributed by atoms with van der Waals surface area (Å²) < 4.78 is 19.7. The number of nitrogens with one attached hydrogen (secondary N) is 1. The van der Waals surface area contributed by atoms with Gasteiger partial charge >= 0.3 is 6.09 Å². The summed E-state index contributed by atoms with van der Waals surface area (Å²) in [5.41, 5.74) is 1.87. The van der Waals surface area contributed by atoms with Crippen LogP contribution in [0.25, 0.3) is 10.4 Å². The van der Waals surface area contributed by atoms with Crippen LogP contribution in [0.15, 0.2) is 23.7 Å². The number of carbonyl (C=O) groups is 1. The molecule has 4 heterocycles. The third kappa shape index (κ3) is 3.49. The van der Waals surface area contributed by atoms with Crippen LogP contribution >= 0.6 is 22.9 Å². The molecule has 1 amide bonds. The molecule has 8 heteroatoms. The Bertz CT molecular complexity index is 792. The molecule has 5 nitrogen and oxygen atoms in total. The van der Waals surface area contributed by atoms with Crippen LogP contribution in [0.2, 0.25) is 5.02 Å². The normalized spacial score (nSPS) is 25.0. The highest BCUT2D eigenvalue weighted by atomic mass is 35.5. The Labute approximate surface area is 153 Å². The fraction of sp³-hybridized carbons (Fsp3) is 0.412. The number of aromatic nitrogens is 1. The monoisotopic (exact) mass is 381 g/mol. The summed E-state index contributed by atoms with van der Waals surface area (Å²) in [5.74, 6) is 0.302. The molecule has 3 aliphatic heterocycles. The van der Waals surface area contributed by atoms with Crippen LogP contribution in [0.5, 0.6) is 0 Å². The molecule has 3 saturated heterocycles. The zero-order valence-corrected chi connectivity index (χ0v) is 14.9. The molecule has 2 bridgehead atoms. The predicted molar refractivity (Wildman–Crippen MR) is 95.6 cm³/mol. The number of ether oxygens (including phenoxy) is 1. The Morgan fingerprint density at radius 1 is 1.40 bits per heavy atom. The molecular formula is C17H17ClFN3O2S. The third-order valence-electron chi connectivity index (χ3n) is 4.82. The van der Waals surface area contributed by atoms with E-state index in [0.29, 0.717) is 21.4 Å². The third-order valence-corrected chi connectivity index (χ3v) is 5.91. The first-order chi connectivity index (χ1) is 12.1. The summed E-state index contributed by atoms with van der Waals surface area (Å²) >= 11 is 7.20. The number of hydrogen-bond donors (Lipinski definition) is 1. The molecule has 1 N–H and O–H groups in total. The molecule has 0 radical (unpaired) electrons. The number of halogens is 2. The Balaban J connectivity index is 1.47. The van der Waals surface area contributed by atoms with Gasteiger partial charge in [-0.2, -0.15) is 0 Å². The van der Waals surface area contributed by atoms with E-state index >= 15 is 0 Å². The molecule has 132 valence electrons. The van der Waals surface area contributed by atoms with E-state index in [-0.39, 0.29) is 11.9 Å². The first-order valence-corrected chi connectivity index (χ1v) is 9.45. The molecular weight excluding hydrogens is 365 g/mol. The molecule has 1 aromatic carbocycles. The highest BCUT2D eigenvalue weighted by molar-refractivity contribution is 7.13. The van der Waals surface area contributed by atoms with Crippen molar-refractivity contribution in [3.63, 3.8) is 0 Å². The SMILES string of the molecule is O=C(Nc1ncsc1-c1cc(Cl)ccc1F)O[C@H]1CN2CCC1CC2. The minimum atomic E-state index is -0.548. The Kier molecular flexibility index (Phi) is 4.62. The van der Waals surface area contributed by atoms with E-state index in [1.165, 1.54) is 29.5 Å². The standard InChI is InChI=1S/C17H17ClFN3O2S/c18-11-1-2-13(19)12(7-11)15-16(20-9-25-15)21-17(23)24-14-8-22-5-3-10(14)4-6-22/h1-2,7,9-10,14H,3-6,8H2,(H,21,23)/t14-/m0/s1.